The molecule has 0 saturated carbocycles. The standard InChI is InChI=1S/C25H27F3N2O3/c1-2-16-33-22-10-9-20(25(26,27)28)17-21(22)29-24(32)19-12-14-30(15-13-19)23(31)11-8-18-6-4-3-5-7-18/h3-11,17,19H,2,12-16H2,1H3,(H,29,32)/b11-8+. The number of carbonyl (C=O) groups is 2. The van der Waals surface area contributed by atoms with Gasteiger partial charge in [0.05, 0.1) is 17.9 Å². The highest BCUT2D eigenvalue weighted by Crippen LogP contribution is 2.35. The predicted molar refractivity (Wildman–Crippen MR) is 121 cm³/mol. The Morgan fingerprint density at radius 1 is 1.12 bits per heavy atom. The zero-order chi connectivity index (χ0) is 23.8. The third kappa shape index (κ3) is 6.84. The van der Waals surface area contributed by atoms with Crippen molar-refractivity contribution in [3.63, 3.8) is 0 Å². The summed E-state index contributed by atoms with van der Waals surface area (Å²) in [5.41, 5.74) is 0.0714. The monoisotopic (exact) mass is 460 g/mol. The Bertz CT molecular complexity index is 982. The molecule has 1 fully saturated rings. The topological polar surface area (TPSA) is 58.6 Å². The Morgan fingerprint density at radius 2 is 1.82 bits per heavy atom. The van der Waals surface area contributed by atoms with E-state index in [1.807, 2.05) is 37.3 Å². The van der Waals surface area contributed by atoms with E-state index in [4.69, 9.17) is 4.74 Å². The van der Waals surface area contributed by atoms with Crippen molar-refractivity contribution in [1.82, 2.24) is 4.90 Å². The molecule has 176 valence electrons. The van der Waals surface area contributed by atoms with Crippen LogP contribution in [0.5, 0.6) is 5.75 Å². The number of rotatable bonds is 7. The predicted octanol–water partition coefficient (Wildman–Crippen LogP) is 5.38. The van der Waals surface area contributed by atoms with Crippen LogP contribution in [0.4, 0.5) is 18.9 Å². The molecule has 1 aliphatic heterocycles. The fraction of sp³-hybridized carbons (Fsp3) is 0.360. The van der Waals surface area contributed by atoms with Gasteiger partial charge in [-0.25, -0.2) is 0 Å². The second-order valence-electron chi connectivity index (χ2n) is 7.89. The molecular formula is C25H27F3N2O3. The first-order valence-electron chi connectivity index (χ1n) is 10.9. The van der Waals surface area contributed by atoms with Gasteiger partial charge in [0.2, 0.25) is 11.8 Å². The molecule has 0 radical (unpaired) electrons. The Balaban J connectivity index is 1.60. The number of anilines is 1. The number of nitrogens with zero attached hydrogens (tertiary/aromatic N) is 1. The Labute approximate surface area is 191 Å². The number of nitrogens with one attached hydrogen (secondary N) is 1. The maximum absolute atomic E-state index is 13.1. The van der Waals surface area contributed by atoms with Crippen molar-refractivity contribution in [2.75, 3.05) is 25.0 Å². The van der Waals surface area contributed by atoms with Crippen molar-refractivity contribution in [3.05, 3.63) is 65.7 Å². The van der Waals surface area contributed by atoms with Crippen LogP contribution in [0, 0.1) is 5.92 Å². The van der Waals surface area contributed by atoms with E-state index in [0.717, 1.165) is 17.7 Å². The van der Waals surface area contributed by atoms with Crippen molar-refractivity contribution in [1.29, 1.82) is 0 Å². The molecule has 5 nitrogen and oxygen atoms in total. The molecule has 33 heavy (non-hydrogen) atoms. The van der Waals surface area contributed by atoms with Crippen LogP contribution in [-0.4, -0.2) is 36.4 Å². The van der Waals surface area contributed by atoms with Gasteiger partial charge in [0, 0.05) is 25.1 Å². The largest absolute Gasteiger partial charge is 0.491 e. The molecule has 0 unspecified atom stereocenters. The van der Waals surface area contributed by atoms with Crippen LogP contribution in [0.1, 0.15) is 37.3 Å². The summed E-state index contributed by atoms with van der Waals surface area (Å²) in [4.78, 5) is 26.9. The van der Waals surface area contributed by atoms with Crippen LogP contribution in [0.2, 0.25) is 0 Å². The molecule has 2 aromatic carbocycles. The molecule has 3 rings (SSSR count). The van der Waals surface area contributed by atoms with Gasteiger partial charge >= 0.3 is 6.18 Å². The summed E-state index contributed by atoms with van der Waals surface area (Å²) in [6, 6.07) is 12.5. The average molecular weight is 460 g/mol. The van der Waals surface area contributed by atoms with Crippen LogP contribution in [0.25, 0.3) is 6.08 Å². The molecule has 0 bridgehead atoms. The van der Waals surface area contributed by atoms with Crippen molar-refractivity contribution in [3.8, 4) is 5.75 Å². The molecule has 0 aromatic heterocycles. The number of hydrogen-bond acceptors (Lipinski definition) is 3. The molecule has 2 aromatic rings. The molecule has 1 aliphatic rings. The second kappa shape index (κ2) is 11.0. The van der Waals surface area contributed by atoms with Gasteiger partial charge in [-0.3, -0.25) is 9.59 Å². The minimum absolute atomic E-state index is 0.00701. The highest BCUT2D eigenvalue weighted by Gasteiger charge is 2.32. The maximum Gasteiger partial charge on any atom is 0.416 e. The molecule has 2 amide bonds. The number of ether oxygens (including phenoxy) is 1. The Hall–Kier alpha value is -3.29. The van der Waals surface area contributed by atoms with Crippen molar-refractivity contribution >= 4 is 23.6 Å². The van der Waals surface area contributed by atoms with E-state index in [1.165, 1.54) is 12.1 Å². The van der Waals surface area contributed by atoms with Gasteiger partial charge in [-0.2, -0.15) is 13.2 Å². The van der Waals surface area contributed by atoms with Gasteiger partial charge in [0.1, 0.15) is 5.75 Å². The number of halogens is 3. The van der Waals surface area contributed by atoms with E-state index < -0.39 is 17.7 Å². The van der Waals surface area contributed by atoms with Gasteiger partial charge in [0.15, 0.2) is 0 Å². The summed E-state index contributed by atoms with van der Waals surface area (Å²) >= 11 is 0. The summed E-state index contributed by atoms with van der Waals surface area (Å²) in [6.45, 7) is 3.01. The van der Waals surface area contributed by atoms with E-state index >= 15 is 0 Å². The van der Waals surface area contributed by atoms with Crippen LogP contribution in [-0.2, 0) is 15.8 Å². The first kappa shape index (κ1) is 24.4. The smallest absolute Gasteiger partial charge is 0.416 e. The van der Waals surface area contributed by atoms with Crippen LogP contribution < -0.4 is 10.1 Å². The van der Waals surface area contributed by atoms with E-state index in [2.05, 4.69) is 5.32 Å². The quantitative estimate of drug-likeness (QED) is 0.564. The van der Waals surface area contributed by atoms with Crippen molar-refractivity contribution < 1.29 is 27.5 Å². The first-order chi connectivity index (χ1) is 15.8. The summed E-state index contributed by atoms with van der Waals surface area (Å²) in [6.07, 6.45) is 0.269. The molecule has 1 heterocycles. The lowest BCUT2D eigenvalue weighted by Gasteiger charge is -2.30. The van der Waals surface area contributed by atoms with E-state index in [1.54, 1.807) is 11.0 Å². The number of likely N-dealkylation sites (tertiary alicyclic amines) is 1. The highest BCUT2D eigenvalue weighted by atomic mass is 19.4. The normalized spacial score (nSPS) is 15.0. The molecule has 0 spiro atoms. The minimum atomic E-state index is -4.53. The lowest BCUT2D eigenvalue weighted by Crippen LogP contribution is -2.40. The summed E-state index contributed by atoms with van der Waals surface area (Å²) in [5, 5.41) is 2.61. The van der Waals surface area contributed by atoms with E-state index in [0.29, 0.717) is 39.0 Å². The Morgan fingerprint density at radius 3 is 2.45 bits per heavy atom. The van der Waals surface area contributed by atoms with Gasteiger partial charge in [0.25, 0.3) is 0 Å². The molecule has 0 aliphatic carbocycles. The van der Waals surface area contributed by atoms with Gasteiger partial charge in [-0.05, 0) is 49.1 Å². The number of benzene rings is 2. The van der Waals surface area contributed by atoms with Gasteiger partial charge in [-0.1, -0.05) is 37.3 Å². The van der Waals surface area contributed by atoms with Crippen LogP contribution in [0.3, 0.4) is 0 Å². The highest BCUT2D eigenvalue weighted by molar-refractivity contribution is 5.95. The number of carbonyl (C=O) groups excluding carboxylic acids is 2. The number of amides is 2. The van der Waals surface area contributed by atoms with Gasteiger partial charge in [-0.15, -0.1) is 0 Å². The third-order valence-electron chi connectivity index (χ3n) is 5.42. The van der Waals surface area contributed by atoms with E-state index in [9.17, 15) is 22.8 Å². The number of hydrogen-bond donors (Lipinski definition) is 1. The molecule has 0 atom stereocenters. The SMILES string of the molecule is CCCOc1ccc(C(F)(F)F)cc1NC(=O)C1CCN(C(=O)/C=C/c2ccccc2)CC1. The fourth-order valence-electron chi connectivity index (χ4n) is 3.58. The number of piperidine rings is 1. The van der Waals surface area contributed by atoms with Crippen molar-refractivity contribution in [2.24, 2.45) is 5.92 Å². The third-order valence-corrected chi connectivity index (χ3v) is 5.42. The number of alkyl halides is 3. The van der Waals surface area contributed by atoms with E-state index in [-0.39, 0.29) is 23.3 Å². The average Bonchev–Trinajstić information content (AvgIpc) is 2.81. The maximum atomic E-state index is 13.1. The second-order valence-corrected chi connectivity index (χ2v) is 7.89. The molecule has 1 saturated heterocycles. The molecule has 1 N–H and O–H groups in total. The Kier molecular flexibility index (Phi) is 8.14. The fourth-order valence-corrected chi connectivity index (χ4v) is 3.58. The lowest BCUT2D eigenvalue weighted by molar-refractivity contribution is -0.137. The minimum Gasteiger partial charge on any atom is -0.491 e. The van der Waals surface area contributed by atoms with Crippen LogP contribution >= 0.6 is 0 Å². The summed E-state index contributed by atoms with van der Waals surface area (Å²) in [7, 11) is 0. The summed E-state index contributed by atoms with van der Waals surface area (Å²) < 4.78 is 44.9. The van der Waals surface area contributed by atoms with Crippen LogP contribution in [0.15, 0.2) is 54.6 Å². The van der Waals surface area contributed by atoms with Crippen molar-refractivity contribution in [2.45, 2.75) is 32.4 Å². The molecule has 8 heteroatoms. The first-order valence-corrected chi connectivity index (χ1v) is 10.9. The zero-order valence-electron chi connectivity index (χ0n) is 18.4. The summed E-state index contributed by atoms with van der Waals surface area (Å²) in [5.74, 6) is -0.703. The lowest BCUT2D eigenvalue weighted by atomic mass is 9.95. The zero-order valence-corrected chi connectivity index (χ0v) is 18.4. The molecular weight excluding hydrogens is 433 g/mol. The van der Waals surface area contributed by atoms with Gasteiger partial charge < -0.3 is 15.0 Å².